The van der Waals surface area contributed by atoms with E-state index in [9.17, 15) is 18.8 Å². The lowest BCUT2D eigenvalue weighted by atomic mass is 9.82. The summed E-state index contributed by atoms with van der Waals surface area (Å²) in [6, 6.07) is 5.34. The number of carbonyl (C=O) groups excluding carboxylic acids is 2. The van der Waals surface area contributed by atoms with Gasteiger partial charge in [-0.05, 0) is 25.0 Å². The van der Waals surface area contributed by atoms with Crippen molar-refractivity contribution in [3.8, 4) is 0 Å². The molecule has 0 fully saturated rings. The van der Waals surface area contributed by atoms with Crippen LogP contribution in [0.4, 0.5) is 4.39 Å². The lowest BCUT2D eigenvalue weighted by molar-refractivity contribution is -0.147. The first-order valence-corrected chi connectivity index (χ1v) is 6.73. The molecule has 1 aromatic rings. The summed E-state index contributed by atoms with van der Waals surface area (Å²) in [4.78, 5) is 34.9. The molecule has 0 unspecified atom stereocenters. The molecule has 0 aliphatic heterocycles. The first kappa shape index (κ1) is 15.7. The number of rotatable bonds is 3. The molecule has 0 radical (unpaired) electrons. The topological polar surface area (TPSA) is 95.5 Å². The number of hydrogen-bond donors (Lipinski definition) is 3. The third kappa shape index (κ3) is 3.49. The molecule has 7 heteroatoms. The number of nitrogens with one attached hydrogen (secondary N) is 2. The number of carboxylic acids is 1. The Hall–Kier alpha value is -2.70. The van der Waals surface area contributed by atoms with Gasteiger partial charge in [0.15, 0.2) is 0 Å². The van der Waals surface area contributed by atoms with Crippen LogP contribution in [0.5, 0.6) is 0 Å². The van der Waals surface area contributed by atoms with Crippen molar-refractivity contribution in [3.63, 3.8) is 0 Å². The molecule has 0 saturated heterocycles. The second-order valence-electron chi connectivity index (χ2n) is 4.92. The molecule has 0 heterocycles. The van der Waals surface area contributed by atoms with Crippen molar-refractivity contribution in [2.45, 2.75) is 12.8 Å². The van der Waals surface area contributed by atoms with Crippen LogP contribution in [-0.4, -0.2) is 22.9 Å². The van der Waals surface area contributed by atoms with Gasteiger partial charge in [-0.15, -0.1) is 0 Å². The van der Waals surface area contributed by atoms with Crippen LogP contribution in [-0.2, 0) is 9.59 Å². The molecule has 1 aliphatic rings. The number of carboxylic acid groups (broad SMARTS) is 1. The number of hydrazine groups is 1. The fourth-order valence-corrected chi connectivity index (χ4v) is 2.30. The Morgan fingerprint density at radius 1 is 1.05 bits per heavy atom. The fourth-order valence-electron chi connectivity index (χ4n) is 2.30. The Kier molecular flexibility index (Phi) is 4.88. The van der Waals surface area contributed by atoms with Crippen molar-refractivity contribution in [3.05, 3.63) is 47.8 Å². The zero-order chi connectivity index (χ0) is 16.1. The summed E-state index contributed by atoms with van der Waals surface area (Å²) in [5, 5.41) is 9.10. The van der Waals surface area contributed by atoms with Gasteiger partial charge in [-0.2, -0.15) is 0 Å². The van der Waals surface area contributed by atoms with Gasteiger partial charge in [-0.3, -0.25) is 25.2 Å². The van der Waals surface area contributed by atoms with Crippen molar-refractivity contribution < 1.29 is 23.9 Å². The maximum Gasteiger partial charge on any atom is 0.307 e. The zero-order valence-corrected chi connectivity index (χ0v) is 11.6. The lowest BCUT2D eigenvalue weighted by Crippen LogP contribution is -2.47. The van der Waals surface area contributed by atoms with Crippen LogP contribution in [0.25, 0.3) is 0 Å². The van der Waals surface area contributed by atoms with E-state index in [-0.39, 0.29) is 18.4 Å². The molecule has 116 valence electrons. The van der Waals surface area contributed by atoms with E-state index in [0.717, 1.165) is 6.07 Å². The predicted molar refractivity (Wildman–Crippen MR) is 75.0 cm³/mol. The van der Waals surface area contributed by atoms with Crippen LogP contribution in [0.1, 0.15) is 23.2 Å². The number of halogens is 1. The van der Waals surface area contributed by atoms with Gasteiger partial charge in [0.1, 0.15) is 5.82 Å². The van der Waals surface area contributed by atoms with Gasteiger partial charge in [0.05, 0.1) is 17.4 Å². The van der Waals surface area contributed by atoms with Crippen LogP contribution < -0.4 is 10.9 Å². The summed E-state index contributed by atoms with van der Waals surface area (Å²) in [6.07, 6.45) is 3.97. The molecule has 0 spiro atoms. The summed E-state index contributed by atoms with van der Waals surface area (Å²) in [5.74, 6) is -4.80. The molecular weight excluding hydrogens is 291 g/mol. The highest BCUT2D eigenvalue weighted by molar-refractivity contribution is 5.96. The molecule has 6 nitrogen and oxygen atoms in total. The highest BCUT2D eigenvalue weighted by atomic mass is 19.1. The minimum Gasteiger partial charge on any atom is -0.481 e. The monoisotopic (exact) mass is 306 g/mol. The van der Waals surface area contributed by atoms with Crippen molar-refractivity contribution >= 4 is 17.8 Å². The summed E-state index contributed by atoms with van der Waals surface area (Å²) >= 11 is 0. The first-order chi connectivity index (χ1) is 10.5. The molecule has 2 atom stereocenters. The van der Waals surface area contributed by atoms with Crippen LogP contribution in [0.2, 0.25) is 0 Å². The molecule has 2 rings (SSSR count). The molecule has 0 aromatic heterocycles. The molecule has 0 saturated carbocycles. The average Bonchev–Trinajstić information content (AvgIpc) is 2.52. The molecule has 2 amide bonds. The summed E-state index contributed by atoms with van der Waals surface area (Å²) in [5.41, 5.74) is 4.05. The van der Waals surface area contributed by atoms with Crippen molar-refractivity contribution in [1.82, 2.24) is 10.9 Å². The quantitative estimate of drug-likeness (QED) is 0.578. The van der Waals surface area contributed by atoms with E-state index in [0.29, 0.717) is 0 Å². The van der Waals surface area contributed by atoms with E-state index < -0.39 is 35.4 Å². The van der Waals surface area contributed by atoms with Crippen LogP contribution in [0.15, 0.2) is 36.4 Å². The number of amides is 2. The van der Waals surface area contributed by atoms with Crippen LogP contribution in [0.3, 0.4) is 0 Å². The van der Waals surface area contributed by atoms with E-state index in [2.05, 4.69) is 10.9 Å². The SMILES string of the molecule is O=C(NNC(=O)[C@H]1CC=CC[C@H]1C(=O)O)c1ccccc1F. The van der Waals surface area contributed by atoms with E-state index >= 15 is 0 Å². The Labute approximate surface area is 126 Å². The van der Waals surface area contributed by atoms with Crippen molar-refractivity contribution in [2.24, 2.45) is 11.8 Å². The molecule has 1 aromatic carbocycles. The summed E-state index contributed by atoms with van der Waals surface area (Å²) in [7, 11) is 0. The second-order valence-corrected chi connectivity index (χ2v) is 4.92. The van der Waals surface area contributed by atoms with Gasteiger partial charge in [-0.25, -0.2) is 4.39 Å². The van der Waals surface area contributed by atoms with Crippen molar-refractivity contribution in [2.75, 3.05) is 0 Å². The molecule has 3 N–H and O–H groups in total. The minimum atomic E-state index is -1.06. The van der Waals surface area contributed by atoms with Gasteiger partial charge >= 0.3 is 5.97 Å². The first-order valence-electron chi connectivity index (χ1n) is 6.73. The zero-order valence-electron chi connectivity index (χ0n) is 11.6. The second kappa shape index (κ2) is 6.84. The van der Waals surface area contributed by atoms with Crippen molar-refractivity contribution in [1.29, 1.82) is 0 Å². The number of aliphatic carboxylic acids is 1. The Morgan fingerprint density at radius 3 is 2.32 bits per heavy atom. The van der Waals surface area contributed by atoms with Gasteiger partial charge in [0.2, 0.25) is 5.91 Å². The maximum absolute atomic E-state index is 13.4. The fraction of sp³-hybridized carbons (Fsp3) is 0.267. The number of carbonyl (C=O) groups is 3. The van der Waals surface area contributed by atoms with Gasteiger partial charge in [-0.1, -0.05) is 24.3 Å². The van der Waals surface area contributed by atoms with E-state index in [4.69, 9.17) is 5.11 Å². The molecule has 0 bridgehead atoms. The molecule has 22 heavy (non-hydrogen) atoms. The Bertz CT molecular complexity index is 630. The number of benzene rings is 1. The summed E-state index contributed by atoms with van der Waals surface area (Å²) in [6.45, 7) is 0. The maximum atomic E-state index is 13.4. The molecule has 1 aliphatic carbocycles. The molecular formula is C15H15FN2O4. The van der Waals surface area contributed by atoms with Gasteiger partial charge in [0.25, 0.3) is 5.91 Å². The number of hydrogen-bond acceptors (Lipinski definition) is 3. The Balaban J connectivity index is 1.98. The smallest absolute Gasteiger partial charge is 0.307 e. The lowest BCUT2D eigenvalue weighted by Gasteiger charge is -2.24. The van der Waals surface area contributed by atoms with E-state index in [1.54, 1.807) is 12.2 Å². The number of allylic oxidation sites excluding steroid dienone is 2. The van der Waals surface area contributed by atoms with Crippen LogP contribution in [0, 0.1) is 17.7 Å². The average molecular weight is 306 g/mol. The Morgan fingerprint density at radius 2 is 1.68 bits per heavy atom. The third-order valence-electron chi connectivity index (χ3n) is 3.50. The van der Waals surface area contributed by atoms with Gasteiger partial charge < -0.3 is 5.11 Å². The van der Waals surface area contributed by atoms with Crippen LogP contribution >= 0.6 is 0 Å². The standard InChI is InChI=1S/C15H15FN2O4/c16-12-8-4-3-7-11(12)14(20)18-17-13(19)9-5-1-2-6-10(9)15(21)22/h1-4,7-10H,5-6H2,(H,17,19)(H,18,20)(H,21,22)/t9-,10+/m0/s1. The third-order valence-corrected chi connectivity index (χ3v) is 3.50. The summed E-state index contributed by atoms with van der Waals surface area (Å²) < 4.78 is 13.4. The largest absolute Gasteiger partial charge is 0.481 e. The highest BCUT2D eigenvalue weighted by Gasteiger charge is 2.34. The highest BCUT2D eigenvalue weighted by Crippen LogP contribution is 2.25. The van der Waals surface area contributed by atoms with E-state index in [1.165, 1.54) is 18.2 Å². The minimum absolute atomic E-state index is 0.207. The predicted octanol–water partition coefficient (Wildman–Crippen LogP) is 1.25. The normalized spacial score (nSPS) is 20.2. The van der Waals surface area contributed by atoms with E-state index in [1.807, 2.05) is 0 Å². The van der Waals surface area contributed by atoms with Gasteiger partial charge in [0, 0.05) is 0 Å².